The maximum absolute atomic E-state index is 11.4. The van der Waals surface area contributed by atoms with Crippen molar-refractivity contribution in [3.63, 3.8) is 0 Å². The Balaban J connectivity index is 2.36. The first-order valence-corrected chi connectivity index (χ1v) is 4.76. The van der Waals surface area contributed by atoms with Gasteiger partial charge >= 0.3 is 5.97 Å². The molecule has 3 aliphatic heterocycles. The first kappa shape index (κ1) is 5.49. The maximum atomic E-state index is 11.4. The minimum Gasteiger partial charge on any atom is -0.478 e. The fourth-order valence-electron chi connectivity index (χ4n) is 1.39. The van der Waals surface area contributed by atoms with Crippen molar-refractivity contribution in [1.29, 1.82) is 0 Å². The molecule has 0 aromatic carbocycles. The molecule has 0 radical (unpaired) electrons. The lowest BCUT2D eigenvalue weighted by Crippen LogP contribution is -2.20. The van der Waals surface area contributed by atoms with Crippen molar-refractivity contribution in [2.45, 2.75) is 0 Å². The van der Waals surface area contributed by atoms with Gasteiger partial charge in [0.2, 0.25) is 0 Å². The van der Waals surface area contributed by atoms with Gasteiger partial charge in [-0.25, -0.2) is 4.79 Å². The quantitative estimate of drug-likeness (QED) is 0.474. The van der Waals surface area contributed by atoms with Gasteiger partial charge in [-0.2, -0.15) is 0 Å². The molecule has 2 bridgehead atoms. The van der Waals surface area contributed by atoms with E-state index in [9.17, 15) is 9.36 Å². The zero-order valence-electron chi connectivity index (χ0n) is 5.24. The minimum atomic E-state index is -2.31. The number of hydrogen-bond acceptors (Lipinski definition) is 3. The van der Waals surface area contributed by atoms with Crippen LogP contribution in [0.1, 0.15) is 10.4 Å². The van der Waals surface area contributed by atoms with Crippen LogP contribution in [0.5, 0.6) is 0 Å². The molecule has 0 aliphatic carbocycles. The van der Waals surface area contributed by atoms with E-state index in [1.54, 1.807) is 0 Å². The van der Waals surface area contributed by atoms with Gasteiger partial charge in [-0.1, -0.05) is 0 Å². The summed E-state index contributed by atoms with van der Waals surface area (Å²) in [5, 5.41) is 9.87. The highest BCUT2D eigenvalue weighted by molar-refractivity contribution is 8.06. The van der Waals surface area contributed by atoms with E-state index in [0.717, 1.165) is 5.30 Å². The SMILES string of the molecule is O=C(O)c1cnc2c3c1P23=O. The molecule has 11 heavy (non-hydrogen) atoms. The monoisotopic (exact) mass is 167 g/mol. The summed E-state index contributed by atoms with van der Waals surface area (Å²) in [7, 11) is -2.31. The number of pyridine rings is 1. The van der Waals surface area contributed by atoms with Crippen LogP contribution in [0.15, 0.2) is 6.20 Å². The van der Waals surface area contributed by atoms with Crippen molar-refractivity contribution in [2.75, 3.05) is 0 Å². The fourth-order valence-corrected chi connectivity index (χ4v) is 3.99. The average Bonchev–Trinajstić information content (AvgIpc) is 2.78. The summed E-state index contributed by atoms with van der Waals surface area (Å²) in [6, 6.07) is 0. The van der Waals surface area contributed by atoms with Crippen molar-refractivity contribution in [1.82, 2.24) is 4.98 Å². The van der Waals surface area contributed by atoms with Crippen LogP contribution < -0.4 is 16.0 Å². The predicted octanol–water partition coefficient (Wildman–Crippen LogP) is -0.954. The van der Waals surface area contributed by atoms with Gasteiger partial charge in [0.15, 0.2) is 7.14 Å². The molecule has 3 aliphatic rings. The average molecular weight is 167 g/mol. The largest absolute Gasteiger partial charge is 0.478 e. The molecule has 4 nitrogen and oxygen atoms in total. The van der Waals surface area contributed by atoms with Crippen molar-refractivity contribution in [3.8, 4) is 0 Å². The summed E-state index contributed by atoms with van der Waals surface area (Å²) in [4.78, 5) is 14.2. The Hall–Kier alpha value is -1.15. The summed E-state index contributed by atoms with van der Waals surface area (Å²) in [5.41, 5.74) is 0.774. The lowest BCUT2D eigenvalue weighted by Gasteiger charge is -1.95. The predicted molar refractivity (Wildman–Crippen MR) is 37.7 cm³/mol. The number of hydrogen-bond donors (Lipinski definition) is 1. The molecule has 0 saturated heterocycles. The second kappa shape index (κ2) is 1.14. The normalized spacial score (nSPS) is 27.6. The van der Waals surface area contributed by atoms with E-state index < -0.39 is 13.1 Å². The molecule has 0 amide bonds. The number of fused-ring (bicyclic) bond motifs is 2. The number of carboxylic acid groups (broad SMARTS) is 1. The third kappa shape index (κ3) is 0.362. The zero-order chi connectivity index (χ0) is 7.80. The molecular formula is C6H2NO3P. The molecule has 1 atom stereocenters. The Morgan fingerprint density at radius 3 is 2.55 bits per heavy atom. The summed E-state index contributed by atoms with van der Waals surface area (Å²) >= 11 is 0. The topological polar surface area (TPSA) is 67.3 Å². The first-order chi connectivity index (χ1) is 5.17. The number of aromatic carboxylic acids is 1. The van der Waals surface area contributed by atoms with Gasteiger partial charge in [-0.15, -0.1) is 0 Å². The molecule has 0 spiro atoms. The van der Waals surface area contributed by atoms with Gasteiger partial charge in [0.25, 0.3) is 0 Å². The van der Waals surface area contributed by atoms with Crippen molar-refractivity contribution in [3.05, 3.63) is 11.8 Å². The Kier molecular flexibility index (Phi) is 0.571. The molecule has 1 N–H and O–H groups in total. The van der Waals surface area contributed by atoms with Gasteiger partial charge < -0.3 is 9.67 Å². The lowest BCUT2D eigenvalue weighted by molar-refractivity contribution is 0.0698. The third-order valence-electron chi connectivity index (χ3n) is 2.07. The van der Waals surface area contributed by atoms with E-state index in [4.69, 9.17) is 5.11 Å². The van der Waals surface area contributed by atoms with Crippen LogP contribution in [0.3, 0.4) is 0 Å². The smallest absolute Gasteiger partial charge is 0.338 e. The molecule has 54 valence electrons. The Bertz CT molecular complexity index is 465. The van der Waals surface area contributed by atoms with Gasteiger partial charge in [-0.3, -0.25) is 4.98 Å². The molecule has 0 fully saturated rings. The number of carboxylic acids is 1. The van der Waals surface area contributed by atoms with Gasteiger partial charge in [0, 0.05) is 6.20 Å². The number of rotatable bonds is 1. The van der Waals surface area contributed by atoms with Crippen LogP contribution in [0.4, 0.5) is 0 Å². The molecule has 5 heteroatoms. The van der Waals surface area contributed by atoms with Crippen LogP contribution >= 0.6 is 7.14 Å². The van der Waals surface area contributed by atoms with Gasteiger partial charge in [0.05, 0.1) is 16.2 Å². The van der Waals surface area contributed by atoms with E-state index in [1.165, 1.54) is 6.20 Å². The second-order valence-corrected chi connectivity index (χ2v) is 5.14. The summed E-state index contributed by atoms with van der Waals surface area (Å²) in [6.07, 6.45) is 1.28. The Labute approximate surface area is 61.2 Å². The van der Waals surface area contributed by atoms with Crippen molar-refractivity contribution < 1.29 is 14.5 Å². The molecule has 4 rings (SSSR count). The van der Waals surface area contributed by atoms with Crippen LogP contribution in [0, 0.1) is 0 Å². The van der Waals surface area contributed by atoms with E-state index in [0.29, 0.717) is 10.7 Å². The minimum absolute atomic E-state index is 0.123. The van der Waals surface area contributed by atoms with Crippen molar-refractivity contribution in [2.24, 2.45) is 0 Å². The van der Waals surface area contributed by atoms with Crippen LogP contribution in [-0.2, 0) is 4.57 Å². The molecule has 1 aromatic rings. The molecule has 1 unspecified atom stereocenters. The van der Waals surface area contributed by atoms with E-state index in [1.807, 2.05) is 0 Å². The highest BCUT2D eigenvalue weighted by Crippen LogP contribution is 2.65. The van der Waals surface area contributed by atoms with E-state index in [-0.39, 0.29) is 5.56 Å². The van der Waals surface area contributed by atoms with Gasteiger partial charge in [0.1, 0.15) is 5.44 Å². The highest BCUT2D eigenvalue weighted by atomic mass is 31.2. The fraction of sp³-hybridized carbons (Fsp3) is 0. The second-order valence-electron chi connectivity index (χ2n) is 2.61. The van der Waals surface area contributed by atoms with Crippen LogP contribution in [0.2, 0.25) is 0 Å². The molecular weight excluding hydrogens is 165 g/mol. The summed E-state index contributed by atoms with van der Waals surface area (Å²) in [5.74, 6) is -1.03. The lowest BCUT2D eigenvalue weighted by atomic mass is 10.3. The van der Waals surface area contributed by atoms with Crippen LogP contribution in [0.25, 0.3) is 0 Å². The van der Waals surface area contributed by atoms with E-state index in [2.05, 4.69) is 4.98 Å². The van der Waals surface area contributed by atoms with Crippen molar-refractivity contribution >= 4 is 29.2 Å². The number of nitrogens with zero attached hydrogens (tertiary/aromatic N) is 1. The zero-order valence-corrected chi connectivity index (χ0v) is 6.13. The molecule has 4 heterocycles. The van der Waals surface area contributed by atoms with Crippen LogP contribution in [-0.4, -0.2) is 16.1 Å². The molecule has 0 saturated carbocycles. The molecule has 1 aromatic heterocycles. The summed E-state index contributed by atoms with van der Waals surface area (Å²) in [6.45, 7) is 0. The first-order valence-electron chi connectivity index (χ1n) is 3.05. The Morgan fingerprint density at radius 2 is 2.18 bits per heavy atom. The number of aromatic nitrogens is 1. The van der Waals surface area contributed by atoms with Gasteiger partial charge in [-0.05, 0) is 0 Å². The van der Waals surface area contributed by atoms with E-state index >= 15 is 0 Å². The summed E-state index contributed by atoms with van der Waals surface area (Å²) < 4.78 is 11.4. The Morgan fingerprint density at radius 1 is 1.55 bits per heavy atom. The maximum Gasteiger partial charge on any atom is 0.338 e. The standard InChI is InChI=1S/C6H2NO3P/c8-6(9)2-1-7-5-4-3(2)11(4,5)10/h1H,(H,8,9). The number of carbonyl (C=O) groups is 1. The third-order valence-corrected chi connectivity index (χ3v) is 4.71. The highest BCUT2D eigenvalue weighted by Gasteiger charge is 2.70.